The van der Waals surface area contributed by atoms with Gasteiger partial charge in [-0.3, -0.25) is 0 Å². The lowest BCUT2D eigenvalue weighted by Gasteiger charge is -2.36. The van der Waals surface area contributed by atoms with Crippen molar-refractivity contribution in [3.8, 4) is 0 Å². The molecule has 1 saturated carbocycles. The topological polar surface area (TPSA) is 41.0 Å². The third kappa shape index (κ3) is 3.47. The largest absolute Gasteiger partial charge is 0.370 e. The van der Waals surface area contributed by atoms with Gasteiger partial charge in [-0.1, -0.05) is 13.8 Å². The molecule has 1 aromatic rings. The molecule has 21 heavy (non-hydrogen) atoms. The molecule has 0 bridgehead atoms. The summed E-state index contributed by atoms with van der Waals surface area (Å²) in [7, 11) is 0. The van der Waals surface area contributed by atoms with E-state index >= 15 is 0 Å². The Morgan fingerprint density at radius 1 is 1.19 bits per heavy atom. The van der Waals surface area contributed by atoms with Crippen LogP contribution in [-0.4, -0.2) is 29.1 Å². The zero-order valence-corrected chi connectivity index (χ0v) is 13.4. The average Bonchev–Trinajstić information content (AvgIpc) is 3.37. The van der Waals surface area contributed by atoms with Gasteiger partial charge in [-0.2, -0.15) is 0 Å². The van der Waals surface area contributed by atoms with Crippen LogP contribution >= 0.6 is 0 Å². The first-order chi connectivity index (χ1) is 10.3. The third-order valence-electron chi connectivity index (χ3n) is 4.62. The second kappa shape index (κ2) is 6.63. The highest BCUT2D eigenvalue weighted by Crippen LogP contribution is 2.39. The Balaban J connectivity index is 1.86. The molecule has 1 aliphatic heterocycles. The Labute approximate surface area is 128 Å². The second-order valence-electron chi connectivity index (χ2n) is 6.42. The van der Waals surface area contributed by atoms with Crippen molar-refractivity contribution in [3.63, 3.8) is 0 Å². The van der Waals surface area contributed by atoms with Crippen LogP contribution in [0.15, 0.2) is 6.07 Å². The van der Waals surface area contributed by atoms with Crippen LogP contribution in [-0.2, 0) is 0 Å². The lowest BCUT2D eigenvalue weighted by Crippen LogP contribution is -2.39. The first-order valence-electron chi connectivity index (χ1n) is 8.71. The number of anilines is 2. The van der Waals surface area contributed by atoms with Gasteiger partial charge in [0, 0.05) is 31.1 Å². The number of hydrogen-bond acceptors (Lipinski definition) is 4. The van der Waals surface area contributed by atoms with Gasteiger partial charge in [0.15, 0.2) is 0 Å². The molecular weight excluding hydrogens is 260 g/mol. The maximum Gasteiger partial charge on any atom is 0.136 e. The van der Waals surface area contributed by atoms with Crippen LogP contribution in [0.5, 0.6) is 0 Å². The van der Waals surface area contributed by atoms with Crippen LogP contribution in [0.4, 0.5) is 11.6 Å². The summed E-state index contributed by atoms with van der Waals surface area (Å²) < 4.78 is 0. The van der Waals surface area contributed by atoms with E-state index in [1.165, 1.54) is 38.5 Å². The second-order valence-corrected chi connectivity index (χ2v) is 6.42. The summed E-state index contributed by atoms with van der Waals surface area (Å²) in [5.41, 5.74) is 0. The fourth-order valence-electron chi connectivity index (χ4n) is 3.19. The quantitative estimate of drug-likeness (QED) is 0.860. The van der Waals surface area contributed by atoms with Crippen LogP contribution in [0.25, 0.3) is 0 Å². The minimum Gasteiger partial charge on any atom is -0.370 e. The summed E-state index contributed by atoms with van der Waals surface area (Å²) in [5.74, 6) is 3.84. The summed E-state index contributed by atoms with van der Waals surface area (Å²) in [6.07, 6.45) is 8.80. The normalized spacial score (nSPS) is 22.4. The summed E-state index contributed by atoms with van der Waals surface area (Å²) in [6, 6.07) is 2.81. The smallest absolute Gasteiger partial charge is 0.136 e. The van der Waals surface area contributed by atoms with E-state index in [4.69, 9.17) is 9.97 Å². The summed E-state index contributed by atoms with van der Waals surface area (Å²) in [5, 5.41) is 3.45. The van der Waals surface area contributed by atoms with Crippen molar-refractivity contribution in [3.05, 3.63) is 11.9 Å². The summed E-state index contributed by atoms with van der Waals surface area (Å²) >= 11 is 0. The van der Waals surface area contributed by atoms with Crippen LogP contribution in [0.2, 0.25) is 0 Å². The van der Waals surface area contributed by atoms with Gasteiger partial charge >= 0.3 is 0 Å². The number of hydrogen-bond donors (Lipinski definition) is 1. The minimum atomic E-state index is 0.608. The molecular formula is C17H28N4. The number of piperidine rings is 1. The molecule has 3 rings (SSSR count). The Kier molecular flexibility index (Phi) is 4.61. The van der Waals surface area contributed by atoms with Crippen LogP contribution < -0.4 is 10.2 Å². The van der Waals surface area contributed by atoms with Gasteiger partial charge in [0.1, 0.15) is 17.5 Å². The third-order valence-corrected chi connectivity index (χ3v) is 4.62. The molecule has 4 heteroatoms. The van der Waals surface area contributed by atoms with Crippen molar-refractivity contribution >= 4 is 11.6 Å². The first-order valence-corrected chi connectivity index (χ1v) is 8.71. The standard InChI is InChI=1S/C17H28N4/c1-3-10-18-15-12-16(20-17(19-15)13-8-9-13)21-11-6-5-7-14(21)4-2/h12-14H,3-11H2,1-2H3,(H,18,19,20). The Hall–Kier alpha value is -1.32. The fraction of sp³-hybridized carbons (Fsp3) is 0.765. The molecule has 0 amide bonds. The van der Waals surface area contributed by atoms with Crippen LogP contribution in [0.3, 0.4) is 0 Å². The van der Waals surface area contributed by atoms with Gasteiger partial charge in [0.2, 0.25) is 0 Å². The van der Waals surface area contributed by atoms with Crippen molar-refractivity contribution < 1.29 is 0 Å². The molecule has 0 aromatic carbocycles. The summed E-state index contributed by atoms with van der Waals surface area (Å²) in [4.78, 5) is 12.2. The van der Waals surface area contributed by atoms with Crippen molar-refractivity contribution in [1.82, 2.24) is 9.97 Å². The summed E-state index contributed by atoms with van der Waals surface area (Å²) in [6.45, 7) is 6.61. The Morgan fingerprint density at radius 3 is 2.76 bits per heavy atom. The zero-order chi connectivity index (χ0) is 14.7. The van der Waals surface area contributed by atoms with Gasteiger partial charge in [-0.15, -0.1) is 0 Å². The van der Waals surface area contributed by atoms with Crippen LogP contribution in [0, 0.1) is 0 Å². The highest BCUT2D eigenvalue weighted by atomic mass is 15.2. The maximum absolute atomic E-state index is 4.90. The van der Waals surface area contributed by atoms with Crippen molar-refractivity contribution in [2.24, 2.45) is 0 Å². The van der Waals surface area contributed by atoms with E-state index in [2.05, 4.69) is 30.1 Å². The molecule has 1 atom stereocenters. The molecule has 1 aliphatic carbocycles. The van der Waals surface area contributed by atoms with Gasteiger partial charge in [0.25, 0.3) is 0 Å². The number of nitrogens with one attached hydrogen (secondary N) is 1. The molecule has 0 radical (unpaired) electrons. The fourth-order valence-corrected chi connectivity index (χ4v) is 3.19. The van der Waals surface area contributed by atoms with Crippen molar-refractivity contribution in [2.75, 3.05) is 23.3 Å². The lowest BCUT2D eigenvalue weighted by atomic mass is 10.00. The molecule has 0 spiro atoms. The van der Waals surface area contributed by atoms with E-state index in [1.807, 2.05) is 0 Å². The number of nitrogens with zero attached hydrogens (tertiary/aromatic N) is 3. The van der Waals surface area contributed by atoms with Crippen molar-refractivity contribution in [1.29, 1.82) is 0 Å². The molecule has 1 saturated heterocycles. The van der Waals surface area contributed by atoms with E-state index in [9.17, 15) is 0 Å². The highest BCUT2D eigenvalue weighted by Gasteiger charge is 2.29. The van der Waals surface area contributed by atoms with Gasteiger partial charge in [-0.25, -0.2) is 9.97 Å². The van der Waals surface area contributed by atoms with Crippen LogP contribution in [0.1, 0.15) is 70.5 Å². The molecule has 1 unspecified atom stereocenters. The molecule has 2 aliphatic rings. The minimum absolute atomic E-state index is 0.608. The van der Waals surface area contributed by atoms with E-state index in [0.717, 1.165) is 37.0 Å². The van der Waals surface area contributed by atoms with Crippen molar-refractivity contribution in [2.45, 2.75) is 70.8 Å². The monoisotopic (exact) mass is 288 g/mol. The number of rotatable bonds is 6. The molecule has 116 valence electrons. The molecule has 4 nitrogen and oxygen atoms in total. The Bertz CT molecular complexity index is 470. The lowest BCUT2D eigenvalue weighted by molar-refractivity contribution is 0.446. The van der Waals surface area contributed by atoms with Gasteiger partial charge in [-0.05, 0) is 44.9 Å². The highest BCUT2D eigenvalue weighted by molar-refractivity contribution is 5.51. The van der Waals surface area contributed by atoms with Gasteiger partial charge < -0.3 is 10.2 Å². The number of aromatic nitrogens is 2. The average molecular weight is 288 g/mol. The molecule has 2 fully saturated rings. The molecule has 2 heterocycles. The Morgan fingerprint density at radius 2 is 2.05 bits per heavy atom. The van der Waals surface area contributed by atoms with E-state index in [0.29, 0.717) is 12.0 Å². The van der Waals surface area contributed by atoms with E-state index in [1.54, 1.807) is 0 Å². The van der Waals surface area contributed by atoms with Gasteiger partial charge in [0.05, 0.1) is 0 Å². The predicted molar refractivity (Wildman–Crippen MR) is 88.1 cm³/mol. The van der Waals surface area contributed by atoms with E-state index < -0.39 is 0 Å². The first kappa shape index (κ1) is 14.6. The zero-order valence-electron chi connectivity index (χ0n) is 13.4. The maximum atomic E-state index is 4.90. The SMILES string of the molecule is CCCNc1cc(N2CCCCC2CC)nc(C2CC2)n1. The molecule has 1 N–H and O–H groups in total. The predicted octanol–water partition coefficient (Wildman–Crippen LogP) is 3.94. The molecule has 1 aromatic heterocycles. The van der Waals surface area contributed by atoms with E-state index in [-0.39, 0.29) is 0 Å².